The molecule has 2 saturated carbocycles. The van der Waals surface area contributed by atoms with Crippen LogP contribution in [0.3, 0.4) is 0 Å². The average molecular weight is 380 g/mol. The molecule has 0 spiro atoms. The standard InChI is InChI=1S/C20H25FO4S/c1-19-9-14(21)15(22)8-11(19)4-5-12-13-6-7-17(26(3,24)25)20(13,2)10-16(23)18(12)19/h7-9,12-13,16,18,23H,4-6,10H2,1-3H3/t12-,13-,16-,18+,19-,20-/m0/s1. The molecule has 6 atom stereocenters. The van der Waals surface area contributed by atoms with Crippen molar-refractivity contribution in [2.24, 2.45) is 28.6 Å². The number of aliphatic hydroxyl groups excluding tert-OH is 1. The smallest absolute Gasteiger partial charge is 0.213 e. The van der Waals surface area contributed by atoms with Crippen LogP contribution >= 0.6 is 0 Å². The fourth-order valence-corrected chi connectivity index (χ4v) is 7.97. The zero-order chi connectivity index (χ0) is 19.1. The number of allylic oxidation sites excluding steroid dienone is 6. The number of rotatable bonds is 1. The second-order valence-electron chi connectivity index (χ2n) is 8.91. The third-order valence-corrected chi connectivity index (χ3v) is 8.89. The van der Waals surface area contributed by atoms with Gasteiger partial charge in [-0.25, -0.2) is 12.8 Å². The minimum atomic E-state index is -3.33. The zero-order valence-corrected chi connectivity index (χ0v) is 16.1. The van der Waals surface area contributed by atoms with Gasteiger partial charge in [-0.1, -0.05) is 25.5 Å². The fraction of sp³-hybridized carbons (Fsp3) is 0.650. The molecule has 0 aromatic rings. The van der Waals surface area contributed by atoms with Gasteiger partial charge in [0.2, 0.25) is 5.78 Å². The van der Waals surface area contributed by atoms with Gasteiger partial charge in [0.25, 0.3) is 0 Å². The number of carbonyl (C=O) groups excluding carboxylic acids is 1. The zero-order valence-electron chi connectivity index (χ0n) is 15.3. The van der Waals surface area contributed by atoms with Gasteiger partial charge in [0, 0.05) is 27.9 Å². The minimum Gasteiger partial charge on any atom is -0.393 e. The van der Waals surface area contributed by atoms with Crippen molar-refractivity contribution in [3.8, 4) is 0 Å². The largest absolute Gasteiger partial charge is 0.393 e. The first-order valence-corrected chi connectivity index (χ1v) is 11.1. The molecule has 0 heterocycles. The first-order valence-electron chi connectivity index (χ1n) is 9.21. The highest BCUT2D eigenvalue weighted by Gasteiger charge is 2.61. The highest BCUT2D eigenvalue weighted by atomic mass is 32.2. The first kappa shape index (κ1) is 18.1. The van der Waals surface area contributed by atoms with Crippen molar-refractivity contribution in [3.63, 3.8) is 0 Å². The van der Waals surface area contributed by atoms with Crippen molar-refractivity contribution < 1.29 is 22.7 Å². The van der Waals surface area contributed by atoms with Gasteiger partial charge in [0.05, 0.1) is 6.10 Å². The molecule has 6 heteroatoms. The normalized spacial score (nSPS) is 45.1. The van der Waals surface area contributed by atoms with Gasteiger partial charge in [0.15, 0.2) is 15.7 Å². The number of halogens is 1. The predicted molar refractivity (Wildman–Crippen MR) is 96.4 cm³/mol. The van der Waals surface area contributed by atoms with Crippen LogP contribution in [0.5, 0.6) is 0 Å². The lowest BCUT2D eigenvalue weighted by molar-refractivity contribution is -0.115. The summed E-state index contributed by atoms with van der Waals surface area (Å²) >= 11 is 0. The van der Waals surface area contributed by atoms with Crippen LogP contribution in [0.1, 0.15) is 39.5 Å². The van der Waals surface area contributed by atoms with Gasteiger partial charge in [-0.15, -0.1) is 0 Å². The molecule has 0 bridgehead atoms. The third kappa shape index (κ3) is 2.27. The van der Waals surface area contributed by atoms with Crippen molar-refractivity contribution in [2.45, 2.75) is 45.6 Å². The van der Waals surface area contributed by atoms with Gasteiger partial charge in [-0.2, -0.15) is 0 Å². The van der Waals surface area contributed by atoms with Crippen LogP contribution in [0.2, 0.25) is 0 Å². The van der Waals surface area contributed by atoms with Crippen molar-refractivity contribution in [3.05, 3.63) is 34.5 Å². The molecule has 0 saturated heterocycles. The molecule has 4 nitrogen and oxygen atoms in total. The molecule has 4 aliphatic carbocycles. The lowest BCUT2D eigenvalue weighted by Crippen LogP contribution is -2.55. The highest BCUT2D eigenvalue weighted by molar-refractivity contribution is 7.94. The van der Waals surface area contributed by atoms with Gasteiger partial charge in [-0.3, -0.25) is 4.79 Å². The number of sulfone groups is 1. The second-order valence-corrected chi connectivity index (χ2v) is 10.9. The Morgan fingerprint density at radius 3 is 2.65 bits per heavy atom. The fourth-order valence-electron chi connectivity index (χ4n) is 6.49. The first-order chi connectivity index (χ1) is 12.0. The van der Waals surface area contributed by atoms with Crippen LogP contribution in [0.25, 0.3) is 0 Å². The van der Waals surface area contributed by atoms with E-state index in [1.165, 1.54) is 18.4 Å². The summed E-state index contributed by atoms with van der Waals surface area (Å²) in [7, 11) is -3.33. The SMILES string of the molecule is C[C@]12C=C(F)C(=O)C=C1CC[C@@H]1[C@@H]2[C@@H](O)C[C@]2(C)C(S(C)(=O)=O)=CC[C@@H]12. The van der Waals surface area contributed by atoms with E-state index in [2.05, 4.69) is 0 Å². The van der Waals surface area contributed by atoms with Crippen LogP contribution in [0, 0.1) is 28.6 Å². The Hall–Kier alpha value is -1.27. The van der Waals surface area contributed by atoms with Gasteiger partial charge >= 0.3 is 0 Å². The Morgan fingerprint density at radius 1 is 1.31 bits per heavy atom. The Bertz CT molecular complexity index is 883. The van der Waals surface area contributed by atoms with E-state index in [4.69, 9.17) is 0 Å². The summed E-state index contributed by atoms with van der Waals surface area (Å²) in [4.78, 5) is 12.2. The average Bonchev–Trinajstić information content (AvgIpc) is 2.85. The number of ketones is 1. The molecule has 0 amide bonds. The van der Waals surface area contributed by atoms with Gasteiger partial charge in [0.1, 0.15) is 0 Å². The number of fused-ring (bicyclic) bond motifs is 5. The van der Waals surface area contributed by atoms with Crippen LogP contribution < -0.4 is 0 Å². The van der Waals surface area contributed by atoms with Crippen LogP contribution in [0.4, 0.5) is 4.39 Å². The summed E-state index contributed by atoms with van der Waals surface area (Å²) < 4.78 is 38.7. The Labute approximate surface area is 153 Å². The summed E-state index contributed by atoms with van der Waals surface area (Å²) in [5.41, 5.74) is -0.365. The summed E-state index contributed by atoms with van der Waals surface area (Å²) in [5.74, 6) is -1.33. The quantitative estimate of drug-likeness (QED) is 0.759. The molecule has 0 radical (unpaired) electrons. The number of carbonyl (C=O) groups is 1. The monoisotopic (exact) mass is 380 g/mol. The third-order valence-electron chi connectivity index (χ3n) is 7.46. The van der Waals surface area contributed by atoms with Crippen LogP contribution in [0.15, 0.2) is 34.5 Å². The van der Waals surface area contributed by atoms with Crippen LogP contribution in [-0.4, -0.2) is 31.7 Å². The molecule has 142 valence electrons. The van der Waals surface area contributed by atoms with Gasteiger partial charge < -0.3 is 5.11 Å². The molecule has 0 aromatic heterocycles. The molecule has 4 aliphatic rings. The van der Waals surface area contributed by atoms with Crippen molar-refractivity contribution in [2.75, 3.05) is 6.26 Å². The van der Waals surface area contributed by atoms with E-state index in [0.29, 0.717) is 24.2 Å². The van der Waals surface area contributed by atoms with E-state index in [0.717, 1.165) is 12.0 Å². The molecule has 0 aromatic carbocycles. The molecular formula is C20H25FO4S. The molecule has 4 rings (SSSR count). The van der Waals surface area contributed by atoms with E-state index >= 15 is 0 Å². The van der Waals surface area contributed by atoms with E-state index in [-0.39, 0.29) is 17.8 Å². The van der Waals surface area contributed by atoms with Gasteiger partial charge in [-0.05, 0) is 49.7 Å². The summed E-state index contributed by atoms with van der Waals surface area (Å²) in [6.45, 7) is 3.86. The van der Waals surface area contributed by atoms with Crippen molar-refractivity contribution in [1.29, 1.82) is 0 Å². The molecular weight excluding hydrogens is 355 g/mol. The lowest BCUT2D eigenvalue weighted by atomic mass is 9.47. The number of hydrogen-bond donors (Lipinski definition) is 1. The predicted octanol–water partition coefficient (Wildman–Crippen LogP) is 3.10. The summed E-state index contributed by atoms with van der Waals surface area (Å²) in [6, 6.07) is 0. The van der Waals surface area contributed by atoms with E-state index in [1.54, 1.807) is 0 Å². The number of hydrogen-bond acceptors (Lipinski definition) is 4. The van der Waals surface area contributed by atoms with E-state index in [9.17, 15) is 22.7 Å². The topological polar surface area (TPSA) is 71.4 Å². The Balaban J connectivity index is 1.78. The Morgan fingerprint density at radius 2 is 2.00 bits per heavy atom. The lowest BCUT2D eigenvalue weighted by Gasteiger charge is -2.58. The van der Waals surface area contributed by atoms with E-state index < -0.39 is 38.4 Å². The highest BCUT2D eigenvalue weighted by Crippen LogP contribution is 2.65. The molecule has 26 heavy (non-hydrogen) atoms. The minimum absolute atomic E-state index is 0.0960. The second kappa shape index (κ2) is 5.38. The summed E-state index contributed by atoms with van der Waals surface area (Å²) in [5, 5.41) is 11.1. The molecule has 1 N–H and O–H groups in total. The van der Waals surface area contributed by atoms with Crippen LogP contribution in [-0.2, 0) is 14.6 Å². The van der Waals surface area contributed by atoms with E-state index in [1.807, 2.05) is 19.9 Å². The Kier molecular flexibility index (Phi) is 3.75. The summed E-state index contributed by atoms with van der Waals surface area (Å²) in [6.07, 6.45) is 7.61. The molecule has 2 fully saturated rings. The maximum absolute atomic E-state index is 14.1. The van der Waals surface area contributed by atoms with Crippen molar-refractivity contribution in [1.82, 2.24) is 0 Å². The number of aliphatic hydroxyl groups is 1. The molecule has 0 aliphatic heterocycles. The maximum atomic E-state index is 14.1. The maximum Gasteiger partial charge on any atom is 0.213 e. The molecule has 0 unspecified atom stereocenters. The van der Waals surface area contributed by atoms with Crippen molar-refractivity contribution >= 4 is 15.6 Å².